The maximum absolute atomic E-state index is 12.2. The number of hydrogen-bond donors (Lipinski definition) is 1. The Morgan fingerprint density at radius 3 is 2.47 bits per heavy atom. The second-order valence-electron chi connectivity index (χ2n) is 3.68. The Kier molecular flexibility index (Phi) is 5.33. The molecule has 0 aliphatic heterocycles. The van der Waals surface area contributed by atoms with E-state index in [0.717, 1.165) is 12.8 Å². The van der Waals surface area contributed by atoms with Crippen molar-refractivity contribution in [2.24, 2.45) is 0 Å². The lowest BCUT2D eigenvalue weighted by Crippen LogP contribution is -2.13. The Balaban J connectivity index is 3.11. The molecular weight excluding hydrogens is 304 g/mol. The normalized spacial score (nSPS) is 12.7. The average Bonchev–Trinajstić information content (AvgIpc) is 2.30. The number of carboxylic acids is 1. The summed E-state index contributed by atoms with van der Waals surface area (Å²) in [6.45, 7) is 3.98. The van der Waals surface area contributed by atoms with Gasteiger partial charge in [0.15, 0.2) is 0 Å². The molecule has 1 unspecified atom stereocenters. The fourth-order valence-corrected chi connectivity index (χ4v) is 3.42. The minimum absolute atomic E-state index is 0.0813. The topological polar surface area (TPSA) is 54.4 Å². The van der Waals surface area contributed by atoms with Crippen molar-refractivity contribution in [2.75, 3.05) is 0 Å². The van der Waals surface area contributed by atoms with Crippen molar-refractivity contribution in [2.45, 2.75) is 36.8 Å². The highest BCUT2D eigenvalue weighted by Gasteiger charge is 2.17. The third kappa shape index (κ3) is 3.39. The van der Waals surface area contributed by atoms with Gasteiger partial charge in [-0.2, -0.15) is 0 Å². The highest BCUT2D eigenvalue weighted by Crippen LogP contribution is 2.23. The summed E-state index contributed by atoms with van der Waals surface area (Å²) < 4.78 is 12.7. The van der Waals surface area contributed by atoms with E-state index < -0.39 is 16.8 Å². The molecule has 0 radical (unpaired) electrons. The highest BCUT2D eigenvalue weighted by molar-refractivity contribution is 9.10. The summed E-state index contributed by atoms with van der Waals surface area (Å²) in [5.74, 6) is -1.01. The molecule has 1 N–H and O–H groups in total. The summed E-state index contributed by atoms with van der Waals surface area (Å²) in [4.78, 5) is 11.6. The lowest BCUT2D eigenvalue weighted by molar-refractivity contribution is 0.0695. The molecule has 1 atom stereocenters. The zero-order chi connectivity index (χ0) is 13.0. The van der Waals surface area contributed by atoms with E-state index in [4.69, 9.17) is 5.11 Å². The van der Waals surface area contributed by atoms with Gasteiger partial charge in [0, 0.05) is 14.6 Å². The van der Waals surface area contributed by atoms with E-state index >= 15 is 0 Å². The quantitative estimate of drug-likeness (QED) is 0.904. The summed E-state index contributed by atoms with van der Waals surface area (Å²) in [7, 11) is -1.14. The Morgan fingerprint density at radius 2 is 2.00 bits per heavy atom. The first-order chi connectivity index (χ1) is 8.01. The number of rotatable bonds is 5. The van der Waals surface area contributed by atoms with Crippen molar-refractivity contribution in [3.05, 3.63) is 28.2 Å². The monoisotopic (exact) mass is 318 g/mol. The van der Waals surface area contributed by atoms with Crippen molar-refractivity contribution in [3.8, 4) is 0 Å². The molecule has 1 aromatic carbocycles. The van der Waals surface area contributed by atoms with Gasteiger partial charge >= 0.3 is 5.97 Å². The third-order valence-corrected chi connectivity index (χ3v) is 5.30. The second kappa shape index (κ2) is 6.31. The molecular formula is C12H15BrO3S. The second-order valence-corrected chi connectivity index (χ2v) is 6.27. The van der Waals surface area contributed by atoms with Crippen molar-refractivity contribution in [1.82, 2.24) is 0 Å². The van der Waals surface area contributed by atoms with Crippen LogP contribution >= 0.6 is 15.9 Å². The van der Waals surface area contributed by atoms with Gasteiger partial charge in [-0.1, -0.05) is 13.8 Å². The summed E-state index contributed by atoms with van der Waals surface area (Å²) >= 11 is 3.17. The van der Waals surface area contributed by atoms with Crippen LogP contribution in [0.1, 0.15) is 37.0 Å². The molecule has 0 aliphatic carbocycles. The van der Waals surface area contributed by atoms with Gasteiger partial charge in [0.2, 0.25) is 0 Å². The number of halogens is 1. The fraction of sp³-hybridized carbons (Fsp3) is 0.417. The number of carbonyl (C=O) groups is 1. The predicted octanol–water partition coefficient (Wildman–Crippen LogP) is 3.44. The van der Waals surface area contributed by atoms with Gasteiger partial charge in [0.05, 0.1) is 16.4 Å². The van der Waals surface area contributed by atoms with Crippen LogP contribution in [0.15, 0.2) is 27.6 Å². The number of aromatic carboxylic acids is 1. The van der Waals surface area contributed by atoms with Crippen molar-refractivity contribution in [1.29, 1.82) is 0 Å². The van der Waals surface area contributed by atoms with E-state index in [-0.39, 0.29) is 10.8 Å². The maximum Gasteiger partial charge on any atom is 0.336 e. The molecule has 0 spiro atoms. The number of carboxylic acid groups (broad SMARTS) is 1. The molecule has 0 fully saturated rings. The lowest BCUT2D eigenvalue weighted by atomic mass is 10.2. The SMILES string of the molecule is CCC(CC)S(=O)c1ccc(Br)c(C(=O)O)c1. The number of hydrogen-bond acceptors (Lipinski definition) is 2. The molecule has 94 valence electrons. The zero-order valence-corrected chi connectivity index (χ0v) is 12.2. The molecule has 0 heterocycles. The van der Waals surface area contributed by atoms with Crippen LogP contribution in [0.4, 0.5) is 0 Å². The highest BCUT2D eigenvalue weighted by atomic mass is 79.9. The summed E-state index contributed by atoms with van der Waals surface area (Å²) in [5.41, 5.74) is 0.154. The van der Waals surface area contributed by atoms with Gasteiger partial charge in [0.25, 0.3) is 0 Å². The summed E-state index contributed by atoms with van der Waals surface area (Å²) in [6.07, 6.45) is 1.64. The van der Waals surface area contributed by atoms with E-state index in [1.807, 2.05) is 13.8 Å². The first-order valence-corrected chi connectivity index (χ1v) is 7.45. The maximum atomic E-state index is 12.2. The van der Waals surface area contributed by atoms with Gasteiger partial charge in [-0.3, -0.25) is 4.21 Å². The molecule has 0 saturated carbocycles. The number of benzene rings is 1. The largest absolute Gasteiger partial charge is 0.478 e. The Morgan fingerprint density at radius 1 is 1.41 bits per heavy atom. The van der Waals surface area contributed by atoms with E-state index in [2.05, 4.69) is 15.9 Å². The van der Waals surface area contributed by atoms with Gasteiger partial charge in [-0.05, 0) is 47.0 Å². The predicted molar refractivity (Wildman–Crippen MR) is 71.9 cm³/mol. The minimum atomic E-state index is -1.14. The van der Waals surface area contributed by atoms with Crippen LogP contribution in [0.3, 0.4) is 0 Å². The first kappa shape index (κ1) is 14.4. The standard InChI is InChI=1S/C12H15BrO3S/c1-3-8(4-2)17(16)9-5-6-11(13)10(7-9)12(14)15/h5-8H,3-4H2,1-2H3,(H,14,15). The van der Waals surface area contributed by atoms with Gasteiger partial charge < -0.3 is 5.11 Å². The zero-order valence-electron chi connectivity index (χ0n) is 9.77. The van der Waals surface area contributed by atoms with Crippen LogP contribution in [-0.2, 0) is 10.8 Å². The molecule has 17 heavy (non-hydrogen) atoms. The molecule has 5 heteroatoms. The van der Waals surface area contributed by atoms with Crippen molar-refractivity contribution in [3.63, 3.8) is 0 Å². The van der Waals surface area contributed by atoms with E-state index in [1.54, 1.807) is 12.1 Å². The minimum Gasteiger partial charge on any atom is -0.478 e. The summed E-state index contributed by atoms with van der Waals surface area (Å²) in [5, 5.41) is 9.08. The van der Waals surface area contributed by atoms with Crippen LogP contribution in [-0.4, -0.2) is 20.5 Å². The molecule has 0 amide bonds. The first-order valence-electron chi connectivity index (χ1n) is 5.44. The molecule has 3 nitrogen and oxygen atoms in total. The molecule has 1 rings (SSSR count). The molecule has 0 aromatic heterocycles. The summed E-state index contributed by atoms with van der Waals surface area (Å²) in [6, 6.07) is 4.84. The molecule has 0 bridgehead atoms. The Bertz CT molecular complexity index is 441. The van der Waals surface area contributed by atoms with Crippen molar-refractivity contribution >= 4 is 32.7 Å². The van der Waals surface area contributed by atoms with Crippen LogP contribution < -0.4 is 0 Å². The fourth-order valence-electron chi connectivity index (χ4n) is 1.58. The van der Waals surface area contributed by atoms with E-state index in [1.165, 1.54) is 6.07 Å². The molecule has 1 aromatic rings. The van der Waals surface area contributed by atoms with Crippen LogP contribution in [0.2, 0.25) is 0 Å². The van der Waals surface area contributed by atoms with Crippen LogP contribution in [0, 0.1) is 0 Å². The Hall–Kier alpha value is -0.680. The van der Waals surface area contributed by atoms with Gasteiger partial charge in [-0.15, -0.1) is 0 Å². The van der Waals surface area contributed by atoms with Crippen LogP contribution in [0.5, 0.6) is 0 Å². The van der Waals surface area contributed by atoms with E-state index in [0.29, 0.717) is 9.37 Å². The molecule has 0 saturated heterocycles. The lowest BCUT2D eigenvalue weighted by Gasteiger charge is -2.12. The van der Waals surface area contributed by atoms with Gasteiger partial charge in [0.1, 0.15) is 0 Å². The third-order valence-electron chi connectivity index (χ3n) is 2.61. The smallest absolute Gasteiger partial charge is 0.336 e. The van der Waals surface area contributed by atoms with Gasteiger partial charge in [-0.25, -0.2) is 4.79 Å². The van der Waals surface area contributed by atoms with Crippen molar-refractivity contribution < 1.29 is 14.1 Å². The average molecular weight is 319 g/mol. The van der Waals surface area contributed by atoms with E-state index in [9.17, 15) is 9.00 Å². The Labute approximate surface area is 112 Å². The molecule has 0 aliphatic rings. The van der Waals surface area contributed by atoms with Crippen LogP contribution in [0.25, 0.3) is 0 Å².